The summed E-state index contributed by atoms with van der Waals surface area (Å²) in [6.07, 6.45) is 0. The van der Waals surface area contributed by atoms with Crippen LogP contribution in [0, 0.1) is 12.7 Å². The van der Waals surface area contributed by atoms with E-state index in [-0.39, 0.29) is 21.4 Å². The first-order chi connectivity index (χ1) is 11.4. The molecule has 0 saturated carbocycles. The van der Waals surface area contributed by atoms with E-state index in [1.54, 1.807) is 6.07 Å². The summed E-state index contributed by atoms with van der Waals surface area (Å²) >= 11 is 6.75. The molecular formula is C17H12ClFO4S. The Balaban J connectivity index is 2.18. The Bertz CT molecular complexity index is 951. The number of benzene rings is 2. The van der Waals surface area contributed by atoms with Gasteiger partial charge in [0.25, 0.3) is 0 Å². The van der Waals surface area contributed by atoms with Gasteiger partial charge in [0.1, 0.15) is 17.3 Å². The SMILES string of the molecule is COc1cc2c(Oc3ccc(Cl)c(F)c3)c(C(=O)O)sc2cc1C. The molecule has 0 aliphatic rings. The van der Waals surface area contributed by atoms with Crippen LogP contribution in [0.5, 0.6) is 17.2 Å². The third-order valence-corrected chi connectivity index (χ3v) is 4.89. The third-order valence-electron chi connectivity index (χ3n) is 3.47. The normalized spacial score (nSPS) is 10.8. The number of thiophene rings is 1. The fourth-order valence-electron chi connectivity index (χ4n) is 2.32. The molecule has 3 rings (SSSR count). The van der Waals surface area contributed by atoms with Gasteiger partial charge >= 0.3 is 5.97 Å². The molecule has 24 heavy (non-hydrogen) atoms. The third kappa shape index (κ3) is 2.90. The van der Waals surface area contributed by atoms with Gasteiger partial charge < -0.3 is 14.6 Å². The number of carboxylic acid groups (broad SMARTS) is 1. The van der Waals surface area contributed by atoms with Gasteiger partial charge in [-0.25, -0.2) is 9.18 Å². The highest BCUT2D eigenvalue weighted by Crippen LogP contribution is 2.43. The molecule has 0 amide bonds. The van der Waals surface area contributed by atoms with Crippen LogP contribution >= 0.6 is 22.9 Å². The Kier molecular flexibility index (Phi) is 4.34. The van der Waals surface area contributed by atoms with E-state index in [1.807, 2.05) is 13.0 Å². The highest BCUT2D eigenvalue weighted by molar-refractivity contribution is 7.21. The summed E-state index contributed by atoms with van der Waals surface area (Å²) in [6.45, 7) is 1.87. The zero-order valence-corrected chi connectivity index (χ0v) is 14.3. The highest BCUT2D eigenvalue weighted by atomic mass is 35.5. The summed E-state index contributed by atoms with van der Waals surface area (Å²) < 4.78 is 25.3. The van der Waals surface area contributed by atoms with Crippen molar-refractivity contribution in [3.63, 3.8) is 0 Å². The van der Waals surface area contributed by atoms with Crippen LogP contribution in [0.15, 0.2) is 30.3 Å². The average molecular weight is 367 g/mol. The molecule has 0 atom stereocenters. The summed E-state index contributed by atoms with van der Waals surface area (Å²) in [4.78, 5) is 11.6. The summed E-state index contributed by atoms with van der Waals surface area (Å²) in [5, 5.41) is 10.0. The quantitative estimate of drug-likeness (QED) is 0.662. The maximum absolute atomic E-state index is 13.6. The molecule has 0 unspecified atom stereocenters. The molecule has 1 heterocycles. The summed E-state index contributed by atoms with van der Waals surface area (Å²) in [6, 6.07) is 7.50. The van der Waals surface area contributed by atoms with Gasteiger partial charge in [-0.15, -0.1) is 11.3 Å². The molecule has 2 aromatic carbocycles. The minimum atomic E-state index is -1.11. The van der Waals surface area contributed by atoms with Crippen molar-refractivity contribution >= 4 is 39.0 Å². The second-order valence-corrected chi connectivity index (χ2v) is 6.52. The van der Waals surface area contributed by atoms with Crippen molar-refractivity contribution in [3.8, 4) is 17.2 Å². The number of hydrogen-bond donors (Lipinski definition) is 1. The number of halogens is 2. The Morgan fingerprint density at radius 1 is 1.29 bits per heavy atom. The number of methoxy groups -OCH3 is 1. The Labute approximate surface area is 146 Å². The number of carboxylic acids is 1. The number of ether oxygens (including phenoxy) is 2. The largest absolute Gasteiger partial charge is 0.496 e. The van der Waals surface area contributed by atoms with Crippen molar-refractivity contribution in [2.24, 2.45) is 0 Å². The molecule has 0 saturated heterocycles. The van der Waals surface area contributed by atoms with Gasteiger partial charge in [0, 0.05) is 16.2 Å². The highest BCUT2D eigenvalue weighted by Gasteiger charge is 2.21. The van der Waals surface area contributed by atoms with E-state index in [9.17, 15) is 14.3 Å². The number of aromatic carboxylic acids is 1. The number of rotatable bonds is 4. The first-order valence-corrected chi connectivity index (χ1v) is 8.07. The number of carbonyl (C=O) groups is 1. The summed E-state index contributed by atoms with van der Waals surface area (Å²) in [5.41, 5.74) is 0.882. The first kappa shape index (κ1) is 16.5. The fourth-order valence-corrected chi connectivity index (χ4v) is 3.49. The topological polar surface area (TPSA) is 55.8 Å². The van der Waals surface area contributed by atoms with E-state index in [4.69, 9.17) is 21.1 Å². The average Bonchev–Trinajstić information content (AvgIpc) is 2.88. The maximum atomic E-state index is 13.6. The number of fused-ring (bicyclic) bond motifs is 1. The van der Waals surface area contributed by atoms with Crippen LogP contribution in [0.25, 0.3) is 10.1 Å². The number of aryl methyl sites for hydroxylation is 1. The fraction of sp³-hybridized carbons (Fsp3) is 0.118. The van der Waals surface area contributed by atoms with Gasteiger partial charge in [-0.3, -0.25) is 0 Å². The van der Waals surface area contributed by atoms with Crippen molar-refractivity contribution in [2.75, 3.05) is 7.11 Å². The molecule has 3 aromatic rings. The van der Waals surface area contributed by atoms with E-state index < -0.39 is 11.8 Å². The van der Waals surface area contributed by atoms with E-state index in [0.29, 0.717) is 11.1 Å². The maximum Gasteiger partial charge on any atom is 0.349 e. The minimum absolute atomic E-state index is 0.0340. The van der Waals surface area contributed by atoms with Crippen LogP contribution in [-0.2, 0) is 0 Å². The predicted molar refractivity (Wildman–Crippen MR) is 91.6 cm³/mol. The van der Waals surface area contributed by atoms with E-state index in [0.717, 1.165) is 27.7 Å². The lowest BCUT2D eigenvalue weighted by molar-refractivity contribution is 0.0700. The summed E-state index contributed by atoms with van der Waals surface area (Å²) in [7, 11) is 1.54. The van der Waals surface area contributed by atoms with Gasteiger partial charge in [0.15, 0.2) is 10.6 Å². The zero-order valence-electron chi connectivity index (χ0n) is 12.7. The van der Waals surface area contributed by atoms with E-state index >= 15 is 0 Å². The molecule has 1 N–H and O–H groups in total. The number of hydrogen-bond acceptors (Lipinski definition) is 4. The van der Waals surface area contributed by atoms with Gasteiger partial charge in [-0.2, -0.15) is 0 Å². The minimum Gasteiger partial charge on any atom is -0.496 e. The van der Waals surface area contributed by atoms with Crippen molar-refractivity contribution in [1.82, 2.24) is 0 Å². The lowest BCUT2D eigenvalue weighted by Gasteiger charge is -2.08. The molecule has 0 bridgehead atoms. The zero-order chi connectivity index (χ0) is 17.4. The van der Waals surface area contributed by atoms with Crippen LogP contribution in [0.2, 0.25) is 5.02 Å². The van der Waals surface area contributed by atoms with Crippen molar-refractivity contribution < 1.29 is 23.8 Å². The predicted octanol–water partition coefficient (Wildman–Crippen LogP) is 5.50. The van der Waals surface area contributed by atoms with Crippen LogP contribution in [0.4, 0.5) is 4.39 Å². The summed E-state index contributed by atoms with van der Waals surface area (Å²) in [5.74, 6) is -0.818. The van der Waals surface area contributed by atoms with Gasteiger partial charge in [-0.05, 0) is 36.8 Å². The Hall–Kier alpha value is -2.31. The first-order valence-electron chi connectivity index (χ1n) is 6.88. The second kappa shape index (κ2) is 6.30. The standard InChI is InChI=1S/C17H12ClFO4S/c1-8-5-14-10(7-13(8)22-2)15(16(24-14)17(20)21)23-9-3-4-11(18)12(19)6-9/h3-7H,1-2H3,(H,20,21). The van der Waals surface area contributed by atoms with Crippen LogP contribution in [-0.4, -0.2) is 18.2 Å². The molecule has 0 aliphatic carbocycles. The Morgan fingerprint density at radius 2 is 2.04 bits per heavy atom. The van der Waals surface area contributed by atoms with Gasteiger partial charge in [0.2, 0.25) is 0 Å². The molecule has 4 nitrogen and oxygen atoms in total. The molecule has 7 heteroatoms. The molecule has 0 radical (unpaired) electrons. The van der Waals surface area contributed by atoms with Gasteiger partial charge in [0.05, 0.1) is 12.1 Å². The van der Waals surface area contributed by atoms with Crippen molar-refractivity contribution in [1.29, 1.82) is 0 Å². The van der Waals surface area contributed by atoms with E-state index in [1.165, 1.54) is 19.2 Å². The van der Waals surface area contributed by atoms with Crippen LogP contribution in [0.3, 0.4) is 0 Å². The lowest BCUT2D eigenvalue weighted by Crippen LogP contribution is -1.96. The molecule has 0 fully saturated rings. The monoisotopic (exact) mass is 366 g/mol. The molecule has 0 spiro atoms. The molecule has 0 aliphatic heterocycles. The van der Waals surface area contributed by atoms with E-state index in [2.05, 4.69) is 0 Å². The van der Waals surface area contributed by atoms with Crippen molar-refractivity contribution in [3.05, 3.63) is 51.6 Å². The van der Waals surface area contributed by atoms with Gasteiger partial charge in [-0.1, -0.05) is 11.6 Å². The molecule has 124 valence electrons. The Morgan fingerprint density at radius 3 is 2.67 bits per heavy atom. The molecule has 1 aromatic heterocycles. The van der Waals surface area contributed by atoms with Crippen molar-refractivity contribution in [2.45, 2.75) is 6.92 Å². The smallest absolute Gasteiger partial charge is 0.349 e. The van der Waals surface area contributed by atoms with Crippen LogP contribution in [0.1, 0.15) is 15.2 Å². The lowest BCUT2D eigenvalue weighted by atomic mass is 10.1. The molecular weight excluding hydrogens is 355 g/mol. The van der Waals surface area contributed by atoms with Crippen LogP contribution < -0.4 is 9.47 Å². The second-order valence-electron chi connectivity index (χ2n) is 5.06.